The summed E-state index contributed by atoms with van der Waals surface area (Å²) in [5.41, 5.74) is 7.20. The van der Waals surface area contributed by atoms with E-state index in [9.17, 15) is 0 Å². The van der Waals surface area contributed by atoms with Crippen LogP contribution in [-0.2, 0) is 5.41 Å². The molecule has 0 aliphatic carbocycles. The molecule has 1 heterocycles. The molecule has 1 aromatic rings. The molecule has 5 nitrogen and oxygen atoms in total. The monoisotopic (exact) mass is 447 g/mol. The van der Waals surface area contributed by atoms with Crippen LogP contribution in [0, 0.1) is 0 Å². The second-order valence-corrected chi connectivity index (χ2v) is 6.68. The van der Waals surface area contributed by atoms with Crippen LogP contribution in [-0.4, -0.2) is 44.7 Å². The lowest BCUT2D eigenvalue weighted by molar-refractivity contribution is 0.336. The van der Waals surface area contributed by atoms with Gasteiger partial charge in [0.25, 0.3) is 0 Å². The van der Waals surface area contributed by atoms with Crippen molar-refractivity contribution < 1.29 is 9.47 Å². The maximum Gasteiger partial charge on any atom is 0.191 e. The number of ether oxygens (including phenoxy) is 2. The first-order chi connectivity index (χ1) is 11.0. The Morgan fingerprint density at radius 2 is 1.75 bits per heavy atom. The van der Waals surface area contributed by atoms with Gasteiger partial charge in [0.1, 0.15) is 0 Å². The van der Waals surface area contributed by atoms with Crippen LogP contribution in [0.25, 0.3) is 0 Å². The number of guanidine groups is 1. The van der Waals surface area contributed by atoms with Crippen LogP contribution in [0.4, 0.5) is 0 Å². The molecule has 0 radical (unpaired) electrons. The van der Waals surface area contributed by atoms with Gasteiger partial charge in [-0.25, -0.2) is 0 Å². The minimum Gasteiger partial charge on any atom is -0.493 e. The lowest BCUT2D eigenvalue weighted by atomic mass is 9.84. The van der Waals surface area contributed by atoms with Gasteiger partial charge < -0.3 is 20.1 Å². The Morgan fingerprint density at radius 3 is 2.33 bits per heavy atom. The fourth-order valence-electron chi connectivity index (χ4n) is 2.85. The Kier molecular flexibility index (Phi) is 8.12. The highest BCUT2D eigenvalue weighted by Gasteiger charge is 2.23. The average molecular weight is 447 g/mol. The largest absolute Gasteiger partial charge is 0.493 e. The van der Waals surface area contributed by atoms with Gasteiger partial charge in [0.2, 0.25) is 0 Å². The van der Waals surface area contributed by atoms with E-state index in [1.807, 2.05) is 12.1 Å². The Labute approximate surface area is 162 Å². The number of halogens is 1. The summed E-state index contributed by atoms with van der Waals surface area (Å²) in [6.07, 6.45) is 3.70. The molecule has 0 saturated carbocycles. The second kappa shape index (κ2) is 9.34. The van der Waals surface area contributed by atoms with Crippen molar-refractivity contribution in [1.29, 1.82) is 0 Å². The summed E-state index contributed by atoms with van der Waals surface area (Å²) in [5.74, 6) is 2.15. The molecule has 1 saturated heterocycles. The molecule has 0 spiro atoms. The number of nitrogens with two attached hydrogens (primary N) is 1. The molecular formula is C18H30IN3O2. The van der Waals surface area contributed by atoms with E-state index in [2.05, 4.69) is 29.8 Å². The van der Waals surface area contributed by atoms with Gasteiger partial charge in [0.05, 0.1) is 20.8 Å². The van der Waals surface area contributed by atoms with E-state index in [1.54, 1.807) is 14.2 Å². The number of hydrogen-bond donors (Lipinski definition) is 1. The molecule has 24 heavy (non-hydrogen) atoms. The molecule has 1 aliphatic heterocycles. The van der Waals surface area contributed by atoms with Crippen LogP contribution in [0.1, 0.15) is 38.7 Å². The van der Waals surface area contributed by atoms with Crippen molar-refractivity contribution in [3.05, 3.63) is 23.8 Å². The van der Waals surface area contributed by atoms with E-state index in [4.69, 9.17) is 15.2 Å². The molecule has 0 unspecified atom stereocenters. The van der Waals surface area contributed by atoms with Gasteiger partial charge in [-0.3, -0.25) is 4.99 Å². The molecule has 0 atom stereocenters. The van der Waals surface area contributed by atoms with Crippen LogP contribution in [0.15, 0.2) is 23.2 Å². The molecule has 6 heteroatoms. The zero-order valence-electron chi connectivity index (χ0n) is 15.2. The molecule has 2 rings (SSSR count). The zero-order chi connectivity index (χ0) is 16.9. The van der Waals surface area contributed by atoms with Crippen LogP contribution in [0.5, 0.6) is 11.5 Å². The fraction of sp³-hybridized carbons (Fsp3) is 0.611. The lowest BCUT2D eigenvalue weighted by Gasteiger charge is -2.29. The van der Waals surface area contributed by atoms with Gasteiger partial charge in [-0.1, -0.05) is 19.9 Å². The number of piperidine rings is 1. The third kappa shape index (κ3) is 5.16. The lowest BCUT2D eigenvalue weighted by Crippen LogP contribution is -2.41. The van der Waals surface area contributed by atoms with E-state index in [0.29, 0.717) is 12.5 Å². The highest BCUT2D eigenvalue weighted by Crippen LogP contribution is 2.33. The van der Waals surface area contributed by atoms with Crippen molar-refractivity contribution in [2.45, 2.75) is 38.5 Å². The quantitative estimate of drug-likeness (QED) is 0.427. The van der Waals surface area contributed by atoms with Crippen molar-refractivity contribution in [3.63, 3.8) is 0 Å². The standard InChI is InChI=1S/C18H29N3O2.HI/c1-18(2,13-20-17(19)21-10-6-5-7-11-21)14-8-9-15(22-3)16(12-14)23-4;/h8-9,12H,5-7,10-11,13H2,1-4H3,(H2,19,20);1H. The van der Waals surface area contributed by atoms with E-state index in [0.717, 1.165) is 30.2 Å². The summed E-state index contributed by atoms with van der Waals surface area (Å²) in [4.78, 5) is 6.83. The van der Waals surface area contributed by atoms with Gasteiger partial charge in [0, 0.05) is 18.5 Å². The molecule has 1 aliphatic rings. The summed E-state index contributed by atoms with van der Waals surface area (Å²) in [6, 6.07) is 6.02. The first kappa shape index (κ1) is 20.9. The first-order valence-electron chi connectivity index (χ1n) is 8.25. The predicted octanol–water partition coefficient (Wildman–Crippen LogP) is 3.40. The predicted molar refractivity (Wildman–Crippen MR) is 110 cm³/mol. The van der Waals surface area contributed by atoms with Gasteiger partial charge in [0.15, 0.2) is 17.5 Å². The number of methoxy groups -OCH3 is 2. The van der Waals surface area contributed by atoms with E-state index >= 15 is 0 Å². The molecular weight excluding hydrogens is 417 g/mol. The number of benzene rings is 1. The van der Waals surface area contributed by atoms with Gasteiger partial charge in [-0.05, 0) is 37.0 Å². The third-order valence-electron chi connectivity index (χ3n) is 4.48. The zero-order valence-corrected chi connectivity index (χ0v) is 17.5. The van der Waals surface area contributed by atoms with Crippen LogP contribution < -0.4 is 15.2 Å². The highest BCUT2D eigenvalue weighted by atomic mass is 127. The van der Waals surface area contributed by atoms with Gasteiger partial charge >= 0.3 is 0 Å². The van der Waals surface area contributed by atoms with Crippen molar-refractivity contribution >= 4 is 29.9 Å². The summed E-state index contributed by atoms with van der Waals surface area (Å²) in [6.45, 7) is 7.02. The number of rotatable bonds is 5. The molecule has 136 valence electrons. The maximum absolute atomic E-state index is 6.17. The number of likely N-dealkylation sites (tertiary alicyclic amines) is 1. The summed E-state index contributed by atoms with van der Waals surface area (Å²) < 4.78 is 10.7. The Bertz CT molecular complexity index is 555. The van der Waals surface area contributed by atoms with Gasteiger partial charge in [-0.2, -0.15) is 0 Å². The molecule has 0 bridgehead atoms. The van der Waals surface area contributed by atoms with E-state index < -0.39 is 0 Å². The van der Waals surface area contributed by atoms with Crippen LogP contribution in [0.3, 0.4) is 0 Å². The maximum atomic E-state index is 6.17. The molecule has 0 aromatic heterocycles. The topological polar surface area (TPSA) is 60.1 Å². The fourth-order valence-corrected chi connectivity index (χ4v) is 2.85. The molecule has 1 fully saturated rings. The molecule has 0 amide bonds. The Hall–Kier alpha value is -1.18. The summed E-state index contributed by atoms with van der Waals surface area (Å²) in [5, 5.41) is 0. The summed E-state index contributed by atoms with van der Waals surface area (Å²) in [7, 11) is 3.30. The SMILES string of the molecule is COc1ccc(C(C)(C)CN=C(N)N2CCCCC2)cc1OC.I. The third-order valence-corrected chi connectivity index (χ3v) is 4.48. The van der Waals surface area contributed by atoms with Gasteiger partial charge in [-0.15, -0.1) is 24.0 Å². The number of hydrogen-bond acceptors (Lipinski definition) is 3. The first-order valence-corrected chi connectivity index (χ1v) is 8.25. The number of aliphatic imine (C=N–C) groups is 1. The normalized spacial score (nSPS) is 15.7. The average Bonchev–Trinajstić information content (AvgIpc) is 2.59. The van der Waals surface area contributed by atoms with Crippen molar-refractivity contribution in [1.82, 2.24) is 4.90 Å². The molecule has 1 aromatic carbocycles. The minimum absolute atomic E-state index is 0. The Morgan fingerprint density at radius 1 is 1.12 bits per heavy atom. The van der Waals surface area contributed by atoms with Crippen molar-refractivity contribution in [3.8, 4) is 11.5 Å². The van der Waals surface area contributed by atoms with E-state index in [-0.39, 0.29) is 29.4 Å². The minimum atomic E-state index is -0.125. The smallest absolute Gasteiger partial charge is 0.191 e. The molecule has 2 N–H and O–H groups in total. The highest BCUT2D eigenvalue weighted by molar-refractivity contribution is 14.0. The van der Waals surface area contributed by atoms with Crippen LogP contribution >= 0.6 is 24.0 Å². The van der Waals surface area contributed by atoms with E-state index in [1.165, 1.54) is 19.3 Å². The number of nitrogens with zero attached hydrogens (tertiary/aromatic N) is 2. The second-order valence-electron chi connectivity index (χ2n) is 6.68. The van der Waals surface area contributed by atoms with Crippen molar-refractivity contribution in [2.24, 2.45) is 10.7 Å². The van der Waals surface area contributed by atoms with Crippen molar-refractivity contribution in [2.75, 3.05) is 33.9 Å². The summed E-state index contributed by atoms with van der Waals surface area (Å²) >= 11 is 0. The Balaban J connectivity index is 0.00000288. The van der Waals surface area contributed by atoms with Crippen LogP contribution in [0.2, 0.25) is 0 Å².